The summed E-state index contributed by atoms with van der Waals surface area (Å²) in [5.41, 5.74) is 4.73. The second kappa shape index (κ2) is 15.2. The number of carbonyl (C=O) groups excluding carboxylic acids is 1. The molecule has 2 heteroatoms. The fraction of sp³-hybridized carbons (Fsp3) is 0.682. The Hall–Kier alpha value is -1.31. The molecule has 0 aromatic carbocycles. The Labute approximate surface area is 150 Å². The highest BCUT2D eigenvalue weighted by molar-refractivity contribution is 5.84. The Bertz CT molecular complexity index is 362. The van der Waals surface area contributed by atoms with Crippen LogP contribution in [-0.4, -0.2) is 5.91 Å². The standard InChI is InChI=1S/C22H39NO/c1-4-7-8-9-10-11-12-13-14-15-16-17-18-19-20-22(5-2,6-3)21(23)24/h5-6,13-14H,2-4,7-12,15-20H2,1H3,(H2,23,24)/b14-13-. The van der Waals surface area contributed by atoms with Crippen molar-refractivity contribution in [1.29, 1.82) is 0 Å². The van der Waals surface area contributed by atoms with Crippen LogP contribution in [0.15, 0.2) is 37.5 Å². The van der Waals surface area contributed by atoms with Gasteiger partial charge in [-0.25, -0.2) is 0 Å². The van der Waals surface area contributed by atoms with E-state index in [-0.39, 0.29) is 5.91 Å². The number of unbranched alkanes of at least 4 members (excludes halogenated alkanes) is 10. The van der Waals surface area contributed by atoms with Crippen LogP contribution in [0.3, 0.4) is 0 Å². The average Bonchev–Trinajstić information content (AvgIpc) is 2.58. The van der Waals surface area contributed by atoms with Crippen molar-refractivity contribution in [2.45, 2.75) is 90.4 Å². The van der Waals surface area contributed by atoms with Crippen LogP contribution in [0.4, 0.5) is 0 Å². The van der Waals surface area contributed by atoms with Crippen molar-refractivity contribution in [3.63, 3.8) is 0 Å². The molecule has 0 unspecified atom stereocenters. The second-order valence-electron chi connectivity index (χ2n) is 6.79. The minimum Gasteiger partial charge on any atom is -0.369 e. The summed E-state index contributed by atoms with van der Waals surface area (Å²) in [6, 6.07) is 0. The van der Waals surface area contributed by atoms with Crippen LogP contribution in [-0.2, 0) is 4.79 Å². The van der Waals surface area contributed by atoms with E-state index in [1.54, 1.807) is 12.2 Å². The van der Waals surface area contributed by atoms with Crippen molar-refractivity contribution in [2.24, 2.45) is 11.1 Å². The monoisotopic (exact) mass is 333 g/mol. The van der Waals surface area contributed by atoms with Crippen LogP contribution in [0.2, 0.25) is 0 Å². The quantitative estimate of drug-likeness (QED) is 0.240. The predicted octanol–water partition coefficient (Wildman–Crippen LogP) is 6.48. The van der Waals surface area contributed by atoms with Crippen LogP contribution in [0, 0.1) is 5.41 Å². The van der Waals surface area contributed by atoms with Crippen molar-refractivity contribution < 1.29 is 4.79 Å². The maximum absolute atomic E-state index is 11.5. The number of allylic oxidation sites excluding steroid dienone is 2. The van der Waals surface area contributed by atoms with Gasteiger partial charge in [0.05, 0.1) is 5.41 Å². The highest BCUT2D eigenvalue weighted by atomic mass is 16.1. The second-order valence-corrected chi connectivity index (χ2v) is 6.79. The Kier molecular flexibility index (Phi) is 14.4. The molecule has 0 rings (SSSR count). The summed E-state index contributed by atoms with van der Waals surface area (Å²) < 4.78 is 0. The van der Waals surface area contributed by atoms with Crippen LogP contribution in [0.1, 0.15) is 90.4 Å². The molecule has 2 nitrogen and oxygen atoms in total. The van der Waals surface area contributed by atoms with Crippen molar-refractivity contribution in [1.82, 2.24) is 0 Å². The molecule has 0 saturated heterocycles. The lowest BCUT2D eigenvalue weighted by atomic mass is 9.82. The lowest BCUT2D eigenvalue weighted by Crippen LogP contribution is -2.33. The highest BCUT2D eigenvalue weighted by Gasteiger charge is 2.28. The molecule has 24 heavy (non-hydrogen) atoms. The molecular weight excluding hydrogens is 294 g/mol. The first kappa shape index (κ1) is 22.7. The summed E-state index contributed by atoms with van der Waals surface area (Å²) in [5.74, 6) is -0.342. The third-order valence-corrected chi connectivity index (χ3v) is 4.79. The van der Waals surface area contributed by atoms with Gasteiger partial charge < -0.3 is 5.73 Å². The lowest BCUT2D eigenvalue weighted by molar-refractivity contribution is -0.123. The summed E-state index contributed by atoms with van der Waals surface area (Å²) in [4.78, 5) is 11.5. The van der Waals surface area contributed by atoms with E-state index in [2.05, 4.69) is 32.2 Å². The van der Waals surface area contributed by atoms with Gasteiger partial charge in [0.15, 0.2) is 0 Å². The first-order valence-corrected chi connectivity index (χ1v) is 9.85. The fourth-order valence-corrected chi connectivity index (χ4v) is 2.92. The van der Waals surface area contributed by atoms with Crippen LogP contribution >= 0.6 is 0 Å². The number of amides is 1. The average molecular weight is 334 g/mol. The lowest BCUT2D eigenvalue weighted by Gasteiger charge is -2.22. The van der Waals surface area contributed by atoms with Gasteiger partial charge in [-0.2, -0.15) is 0 Å². The van der Waals surface area contributed by atoms with Gasteiger partial charge in [-0.1, -0.05) is 82.6 Å². The van der Waals surface area contributed by atoms with Gasteiger partial charge in [-0.15, -0.1) is 13.2 Å². The molecule has 0 aliphatic heterocycles. The predicted molar refractivity (Wildman–Crippen MR) is 107 cm³/mol. The minimum absolute atomic E-state index is 0.342. The number of hydrogen-bond donors (Lipinski definition) is 1. The molecule has 1 amide bonds. The largest absolute Gasteiger partial charge is 0.369 e. The molecule has 2 N–H and O–H groups in total. The van der Waals surface area contributed by atoms with E-state index < -0.39 is 5.41 Å². The molecule has 0 aromatic rings. The summed E-state index contributed by atoms with van der Waals surface area (Å²) in [7, 11) is 0. The van der Waals surface area contributed by atoms with Gasteiger partial charge in [0, 0.05) is 0 Å². The van der Waals surface area contributed by atoms with Crippen molar-refractivity contribution in [3.05, 3.63) is 37.5 Å². The Balaban J connectivity index is 3.53. The maximum atomic E-state index is 11.5. The maximum Gasteiger partial charge on any atom is 0.231 e. The Morgan fingerprint density at radius 2 is 1.29 bits per heavy atom. The molecule has 0 aromatic heterocycles. The zero-order valence-corrected chi connectivity index (χ0v) is 15.9. The normalized spacial score (nSPS) is 11.7. The number of rotatable bonds is 17. The topological polar surface area (TPSA) is 43.1 Å². The van der Waals surface area contributed by atoms with Gasteiger partial charge in [0.1, 0.15) is 0 Å². The smallest absolute Gasteiger partial charge is 0.231 e. The van der Waals surface area contributed by atoms with E-state index in [9.17, 15) is 4.79 Å². The first-order valence-electron chi connectivity index (χ1n) is 9.85. The molecule has 0 saturated carbocycles. The van der Waals surface area contributed by atoms with Crippen LogP contribution in [0.5, 0.6) is 0 Å². The Morgan fingerprint density at radius 1 is 0.833 bits per heavy atom. The van der Waals surface area contributed by atoms with Gasteiger partial charge in [-0.3, -0.25) is 4.79 Å². The summed E-state index contributed by atoms with van der Waals surface area (Å²) in [5, 5.41) is 0. The highest BCUT2D eigenvalue weighted by Crippen LogP contribution is 2.27. The third-order valence-electron chi connectivity index (χ3n) is 4.79. The summed E-state index contributed by atoms with van der Waals surface area (Å²) in [6.45, 7) is 9.72. The molecule has 0 fully saturated rings. The van der Waals surface area contributed by atoms with E-state index in [4.69, 9.17) is 5.73 Å². The third kappa shape index (κ3) is 10.5. The van der Waals surface area contributed by atoms with E-state index >= 15 is 0 Å². The van der Waals surface area contributed by atoms with Crippen molar-refractivity contribution in [3.8, 4) is 0 Å². The van der Waals surface area contributed by atoms with Gasteiger partial charge >= 0.3 is 0 Å². The number of primary amides is 1. The van der Waals surface area contributed by atoms with Gasteiger partial charge in [-0.05, 0) is 32.1 Å². The molecule has 0 heterocycles. The molecular formula is C22H39NO. The minimum atomic E-state index is -0.725. The first-order chi connectivity index (χ1) is 11.6. The van der Waals surface area contributed by atoms with Crippen molar-refractivity contribution >= 4 is 5.91 Å². The molecule has 138 valence electrons. The van der Waals surface area contributed by atoms with E-state index in [0.717, 1.165) is 19.3 Å². The van der Waals surface area contributed by atoms with Crippen LogP contribution < -0.4 is 5.73 Å². The number of hydrogen-bond acceptors (Lipinski definition) is 1. The van der Waals surface area contributed by atoms with Gasteiger partial charge in [0.2, 0.25) is 5.91 Å². The molecule has 0 aliphatic carbocycles. The Morgan fingerprint density at radius 3 is 1.75 bits per heavy atom. The molecule has 0 spiro atoms. The number of nitrogens with two attached hydrogens (primary N) is 1. The van der Waals surface area contributed by atoms with Crippen LogP contribution in [0.25, 0.3) is 0 Å². The molecule has 0 atom stereocenters. The van der Waals surface area contributed by atoms with E-state index in [0.29, 0.717) is 0 Å². The molecule has 0 bridgehead atoms. The fourth-order valence-electron chi connectivity index (χ4n) is 2.92. The SMILES string of the molecule is C=CC(C=C)(CCCCCC/C=C\CCCCCCCC)C(N)=O. The van der Waals surface area contributed by atoms with E-state index in [1.165, 1.54) is 64.2 Å². The summed E-state index contributed by atoms with van der Waals surface area (Å²) >= 11 is 0. The van der Waals surface area contributed by atoms with Crippen molar-refractivity contribution in [2.75, 3.05) is 0 Å². The zero-order valence-electron chi connectivity index (χ0n) is 15.9. The molecule has 0 radical (unpaired) electrons. The number of carbonyl (C=O) groups is 1. The van der Waals surface area contributed by atoms with E-state index in [1.807, 2.05) is 0 Å². The zero-order chi connectivity index (χ0) is 18.1. The molecule has 0 aliphatic rings. The van der Waals surface area contributed by atoms with Gasteiger partial charge in [0.25, 0.3) is 0 Å². The summed E-state index contributed by atoms with van der Waals surface area (Å²) in [6.07, 6.45) is 23.8.